The molecule has 0 saturated heterocycles. The van der Waals surface area contributed by atoms with E-state index in [9.17, 15) is 4.79 Å². The SMILES string of the molecule is NC1C(=O)Nc2cc(Sc3cccc(Br)c3)c(Br)cc21. The van der Waals surface area contributed by atoms with Crippen LogP contribution in [0.1, 0.15) is 11.6 Å². The van der Waals surface area contributed by atoms with Gasteiger partial charge in [-0.2, -0.15) is 0 Å². The summed E-state index contributed by atoms with van der Waals surface area (Å²) in [5, 5.41) is 2.80. The molecule has 0 bridgehead atoms. The lowest BCUT2D eigenvalue weighted by atomic mass is 10.1. The van der Waals surface area contributed by atoms with Crippen molar-refractivity contribution in [2.75, 3.05) is 5.32 Å². The molecule has 6 heteroatoms. The molecule has 2 aromatic rings. The number of hydrogen-bond donors (Lipinski definition) is 2. The number of nitrogens with two attached hydrogens (primary N) is 1. The van der Waals surface area contributed by atoms with Gasteiger partial charge >= 0.3 is 0 Å². The highest BCUT2D eigenvalue weighted by molar-refractivity contribution is 9.10. The minimum atomic E-state index is -0.578. The summed E-state index contributed by atoms with van der Waals surface area (Å²) < 4.78 is 1.98. The predicted octanol–water partition coefficient (Wildman–Crippen LogP) is 4.31. The average Bonchev–Trinajstić information content (AvgIpc) is 2.66. The molecule has 3 nitrogen and oxygen atoms in total. The largest absolute Gasteiger partial charge is 0.324 e. The molecule has 1 unspecified atom stereocenters. The third-order valence-electron chi connectivity index (χ3n) is 3.00. The van der Waals surface area contributed by atoms with Gasteiger partial charge in [0.2, 0.25) is 5.91 Å². The highest BCUT2D eigenvalue weighted by atomic mass is 79.9. The van der Waals surface area contributed by atoms with Crippen molar-refractivity contribution in [2.24, 2.45) is 5.73 Å². The zero-order valence-corrected chi connectivity index (χ0v) is 14.2. The van der Waals surface area contributed by atoms with Gasteiger partial charge in [-0.3, -0.25) is 4.79 Å². The van der Waals surface area contributed by atoms with E-state index in [4.69, 9.17) is 5.73 Å². The summed E-state index contributed by atoms with van der Waals surface area (Å²) in [6.07, 6.45) is 0. The minimum Gasteiger partial charge on any atom is -0.324 e. The number of benzene rings is 2. The lowest BCUT2D eigenvalue weighted by molar-refractivity contribution is -0.116. The van der Waals surface area contributed by atoms with Crippen LogP contribution in [0.2, 0.25) is 0 Å². The first-order valence-corrected chi connectivity index (χ1v) is 8.28. The van der Waals surface area contributed by atoms with Crippen LogP contribution in [0.15, 0.2) is 55.1 Å². The van der Waals surface area contributed by atoms with Crippen LogP contribution in [0, 0.1) is 0 Å². The molecule has 20 heavy (non-hydrogen) atoms. The van der Waals surface area contributed by atoms with E-state index in [1.54, 1.807) is 11.8 Å². The zero-order chi connectivity index (χ0) is 14.3. The molecule has 0 aromatic heterocycles. The normalized spacial score (nSPS) is 16.9. The molecule has 1 aliphatic rings. The van der Waals surface area contributed by atoms with E-state index in [1.165, 1.54) is 0 Å². The molecule has 0 fully saturated rings. The summed E-state index contributed by atoms with van der Waals surface area (Å²) >= 11 is 8.63. The Labute approximate surface area is 137 Å². The fraction of sp³-hybridized carbons (Fsp3) is 0.0714. The Morgan fingerprint density at radius 2 is 2.00 bits per heavy atom. The quantitative estimate of drug-likeness (QED) is 0.770. The molecular formula is C14H10Br2N2OS. The second kappa shape index (κ2) is 5.52. The second-order valence-corrected chi connectivity index (χ2v) is 7.28. The van der Waals surface area contributed by atoms with Gasteiger partial charge in [-0.25, -0.2) is 0 Å². The van der Waals surface area contributed by atoms with Crippen LogP contribution in [0.25, 0.3) is 0 Å². The number of fused-ring (bicyclic) bond motifs is 1. The summed E-state index contributed by atoms with van der Waals surface area (Å²) in [5.41, 5.74) is 7.46. The summed E-state index contributed by atoms with van der Waals surface area (Å²) in [5.74, 6) is -0.156. The highest BCUT2D eigenvalue weighted by Gasteiger charge is 2.28. The molecule has 1 aliphatic heterocycles. The van der Waals surface area contributed by atoms with Crippen LogP contribution in [0.5, 0.6) is 0 Å². The summed E-state index contributed by atoms with van der Waals surface area (Å²) in [4.78, 5) is 13.7. The second-order valence-electron chi connectivity index (χ2n) is 4.40. The van der Waals surface area contributed by atoms with Gasteiger partial charge in [0, 0.05) is 30.0 Å². The Morgan fingerprint density at radius 3 is 2.75 bits per heavy atom. The molecule has 3 rings (SSSR count). The Morgan fingerprint density at radius 1 is 1.20 bits per heavy atom. The van der Waals surface area contributed by atoms with E-state index in [0.29, 0.717) is 0 Å². The van der Waals surface area contributed by atoms with E-state index in [0.717, 1.165) is 30.0 Å². The van der Waals surface area contributed by atoms with Crippen LogP contribution < -0.4 is 11.1 Å². The standard InChI is InChI=1S/C14H10Br2N2OS/c15-7-2-1-3-8(4-7)20-12-6-11-9(5-10(12)16)13(17)14(19)18-11/h1-6,13H,17H2,(H,18,19). The van der Waals surface area contributed by atoms with E-state index in [1.807, 2.05) is 30.3 Å². The highest BCUT2D eigenvalue weighted by Crippen LogP contribution is 2.41. The van der Waals surface area contributed by atoms with Gasteiger partial charge in [-0.15, -0.1) is 0 Å². The lowest BCUT2D eigenvalue weighted by Gasteiger charge is -2.08. The van der Waals surface area contributed by atoms with Gasteiger partial charge in [-0.1, -0.05) is 33.8 Å². The molecule has 0 aliphatic carbocycles. The Kier molecular flexibility index (Phi) is 3.90. The maximum Gasteiger partial charge on any atom is 0.245 e. The molecule has 0 spiro atoms. The monoisotopic (exact) mass is 412 g/mol. The Hall–Kier alpha value is -0.820. The van der Waals surface area contributed by atoms with Crippen molar-refractivity contribution in [2.45, 2.75) is 15.8 Å². The molecule has 1 amide bonds. The van der Waals surface area contributed by atoms with Gasteiger partial charge in [0.1, 0.15) is 6.04 Å². The van der Waals surface area contributed by atoms with Crippen LogP contribution in [-0.4, -0.2) is 5.91 Å². The number of halogens is 2. The third kappa shape index (κ3) is 2.65. The number of carbonyl (C=O) groups is 1. The number of rotatable bonds is 2. The van der Waals surface area contributed by atoms with Crippen molar-refractivity contribution in [3.63, 3.8) is 0 Å². The summed E-state index contributed by atoms with van der Waals surface area (Å²) in [7, 11) is 0. The number of carbonyl (C=O) groups excluding carboxylic acids is 1. The van der Waals surface area contributed by atoms with E-state index < -0.39 is 6.04 Å². The first kappa shape index (κ1) is 14.1. The van der Waals surface area contributed by atoms with E-state index in [-0.39, 0.29) is 5.91 Å². The number of anilines is 1. The Bertz CT molecular complexity index is 706. The predicted molar refractivity (Wildman–Crippen MR) is 88.0 cm³/mol. The molecule has 0 radical (unpaired) electrons. The average molecular weight is 414 g/mol. The van der Waals surface area contributed by atoms with Gasteiger partial charge in [0.05, 0.1) is 0 Å². The van der Waals surface area contributed by atoms with E-state index in [2.05, 4.69) is 43.2 Å². The smallest absolute Gasteiger partial charge is 0.245 e. The van der Waals surface area contributed by atoms with Crippen LogP contribution >= 0.6 is 43.6 Å². The number of hydrogen-bond acceptors (Lipinski definition) is 3. The lowest BCUT2D eigenvalue weighted by Crippen LogP contribution is -2.19. The van der Waals surface area contributed by atoms with Gasteiger partial charge in [0.25, 0.3) is 0 Å². The fourth-order valence-electron chi connectivity index (χ4n) is 2.02. The van der Waals surface area contributed by atoms with Crippen LogP contribution in [0.3, 0.4) is 0 Å². The molecule has 102 valence electrons. The van der Waals surface area contributed by atoms with Gasteiger partial charge in [0.15, 0.2) is 0 Å². The zero-order valence-electron chi connectivity index (χ0n) is 10.2. The van der Waals surface area contributed by atoms with Gasteiger partial charge in [-0.05, 0) is 46.3 Å². The van der Waals surface area contributed by atoms with Crippen molar-refractivity contribution >= 4 is 55.2 Å². The van der Waals surface area contributed by atoms with Crippen molar-refractivity contribution in [1.29, 1.82) is 0 Å². The topological polar surface area (TPSA) is 55.1 Å². The Balaban J connectivity index is 1.96. The van der Waals surface area contributed by atoms with E-state index >= 15 is 0 Å². The fourth-order valence-corrected chi connectivity index (χ4v) is 4.10. The van der Waals surface area contributed by atoms with Gasteiger partial charge < -0.3 is 11.1 Å². The third-order valence-corrected chi connectivity index (χ3v) is 5.46. The summed E-state index contributed by atoms with van der Waals surface area (Å²) in [6, 6.07) is 11.4. The summed E-state index contributed by atoms with van der Waals surface area (Å²) in [6.45, 7) is 0. The first-order valence-electron chi connectivity index (χ1n) is 5.88. The maximum absolute atomic E-state index is 11.6. The first-order chi connectivity index (χ1) is 9.54. The molecule has 2 aromatic carbocycles. The van der Waals surface area contributed by atoms with Crippen molar-refractivity contribution in [1.82, 2.24) is 0 Å². The number of amides is 1. The molecule has 1 atom stereocenters. The molecule has 3 N–H and O–H groups in total. The molecular weight excluding hydrogens is 404 g/mol. The number of nitrogens with one attached hydrogen (secondary N) is 1. The van der Waals surface area contributed by atoms with Crippen LogP contribution in [-0.2, 0) is 4.79 Å². The van der Waals surface area contributed by atoms with Crippen molar-refractivity contribution in [3.05, 3.63) is 50.9 Å². The molecule has 0 saturated carbocycles. The van der Waals surface area contributed by atoms with Crippen LogP contribution in [0.4, 0.5) is 5.69 Å². The van der Waals surface area contributed by atoms with Crippen molar-refractivity contribution in [3.8, 4) is 0 Å². The minimum absolute atomic E-state index is 0.156. The maximum atomic E-state index is 11.6. The van der Waals surface area contributed by atoms with Crippen molar-refractivity contribution < 1.29 is 4.79 Å². The molecule has 1 heterocycles.